The molecule has 4 nitrogen and oxygen atoms in total. The molecule has 2 amide bonds. The first-order valence-corrected chi connectivity index (χ1v) is 7.68. The summed E-state index contributed by atoms with van der Waals surface area (Å²) >= 11 is 0. The van der Waals surface area contributed by atoms with E-state index in [9.17, 15) is 4.79 Å². The highest BCUT2D eigenvalue weighted by Crippen LogP contribution is 2.31. The Morgan fingerprint density at radius 3 is 2.68 bits per heavy atom. The van der Waals surface area contributed by atoms with Crippen molar-refractivity contribution in [3.63, 3.8) is 0 Å². The van der Waals surface area contributed by atoms with Gasteiger partial charge in [-0.15, -0.1) is 0 Å². The lowest BCUT2D eigenvalue weighted by molar-refractivity contribution is 0.252. The molecule has 0 aromatic heterocycles. The van der Waals surface area contributed by atoms with E-state index in [1.165, 1.54) is 11.3 Å². The first-order valence-electron chi connectivity index (χ1n) is 7.68. The molecule has 2 aromatic carbocycles. The third kappa shape index (κ3) is 3.22. The van der Waals surface area contributed by atoms with Crippen LogP contribution in [0, 0.1) is 0 Å². The molecule has 0 aliphatic carbocycles. The van der Waals surface area contributed by atoms with Gasteiger partial charge >= 0.3 is 6.03 Å². The summed E-state index contributed by atoms with van der Waals surface area (Å²) in [5.74, 6) is 0. The topological polar surface area (TPSA) is 44.4 Å². The van der Waals surface area contributed by atoms with Gasteiger partial charge in [-0.05, 0) is 37.1 Å². The van der Waals surface area contributed by atoms with Crippen molar-refractivity contribution in [3.8, 4) is 0 Å². The summed E-state index contributed by atoms with van der Waals surface area (Å²) in [7, 11) is 0. The van der Waals surface area contributed by atoms with Gasteiger partial charge in [0, 0.05) is 30.5 Å². The van der Waals surface area contributed by atoms with E-state index in [0.717, 1.165) is 18.7 Å². The molecule has 0 radical (unpaired) electrons. The summed E-state index contributed by atoms with van der Waals surface area (Å²) in [5, 5.41) is 5.75. The number of hydrogen-bond acceptors (Lipinski definition) is 2. The zero-order valence-corrected chi connectivity index (χ0v) is 12.8. The van der Waals surface area contributed by atoms with Gasteiger partial charge in [0.25, 0.3) is 0 Å². The Balaban J connectivity index is 1.50. The quantitative estimate of drug-likeness (QED) is 0.909. The first kappa shape index (κ1) is 14.4. The van der Waals surface area contributed by atoms with E-state index >= 15 is 0 Å². The number of benzene rings is 2. The monoisotopic (exact) mass is 295 g/mol. The zero-order valence-electron chi connectivity index (χ0n) is 12.8. The average Bonchev–Trinajstić information content (AvgIpc) is 2.84. The van der Waals surface area contributed by atoms with Gasteiger partial charge in [-0.25, -0.2) is 4.79 Å². The van der Waals surface area contributed by atoms with Crippen LogP contribution in [0.25, 0.3) is 0 Å². The smallest absolute Gasteiger partial charge is 0.319 e. The Morgan fingerprint density at radius 1 is 1.14 bits per heavy atom. The van der Waals surface area contributed by atoms with E-state index in [0.29, 0.717) is 12.6 Å². The second-order valence-electron chi connectivity index (χ2n) is 5.62. The second-order valence-corrected chi connectivity index (χ2v) is 5.62. The maximum atomic E-state index is 11.9. The van der Waals surface area contributed by atoms with E-state index in [2.05, 4.69) is 46.7 Å². The van der Waals surface area contributed by atoms with Crippen LogP contribution < -0.4 is 15.5 Å². The average molecular weight is 295 g/mol. The third-order valence-corrected chi connectivity index (χ3v) is 4.02. The predicted molar refractivity (Wildman–Crippen MR) is 90.4 cm³/mol. The number of para-hydroxylation sites is 2. The van der Waals surface area contributed by atoms with E-state index in [1.807, 2.05) is 30.3 Å². The van der Waals surface area contributed by atoms with E-state index < -0.39 is 0 Å². The highest BCUT2D eigenvalue weighted by Gasteiger charge is 2.24. The van der Waals surface area contributed by atoms with Gasteiger partial charge in [-0.1, -0.05) is 36.4 Å². The van der Waals surface area contributed by atoms with Crippen LogP contribution in [-0.4, -0.2) is 25.2 Å². The minimum Gasteiger partial charge on any atom is -0.367 e. The van der Waals surface area contributed by atoms with Crippen molar-refractivity contribution in [2.75, 3.05) is 23.3 Å². The Hall–Kier alpha value is -2.49. The maximum absolute atomic E-state index is 11.9. The van der Waals surface area contributed by atoms with Crippen molar-refractivity contribution in [2.45, 2.75) is 19.4 Å². The predicted octanol–water partition coefficient (Wildman–Crippen LogP) is 3.26. The fourth-order valence-corrected chi connectivity index (χ4v) is 2.96. The van der Waals surface area contributed by atoms with Gasteiger partial charge < -0.3 is 15.5 Å². The molecule has 3 rings (SSSR count). The molecule has 4 heteroatoms. The van der Waals surface area contributed by atoms with Gasteiger partial charge in [0.2, 0.25) is 0 Å². The van der Waals surface area contributed by atoms with E-state index in [-0.39, 0.29) is 6.03 Å². The molecule has 0 saturated heterocycles. The summed E-state index contributed by atoms with van der Waals surface area (Å²) in [4.78, 5) is 14.2. The molecule has 2 aromatic rings. The molecule has 1 unspecified atom stereocenters. The maximum Gasteiger partial charge on any atom is 0.319 e. The Bertz CT molecular complexity index is 642. The van der Waals surface area contributed by atoms with Crippen LogP contribution in [0.2, 0.25) is 0 Å². The van der Waals surface area contributed by atoms with Crippen LogP contribution in [0.5, 0.6) is 0 Å². The van der Waals surface area contributed by atoms with Crippen LogP contribution in [0.1, 0.15) is 12.5 Å². The molecule has 1 aliphatic rings. The van der Waals surface area contributed by atoms with Gasteiger partial charge in [0.1, 0.15) is 0 Å². The molecule has 1 heterocycles. The van der Waals surface area contributed by atoms with Crippen molar-refractivity contribution in [2.24, 2.45) is 0 Å². The van der Waals surface area contributed by atoms with Gasteiger partial charge in [0.15, 0.2) is 0 Å². The van der Waals surface area contributed by atoms with Crippen LogP contribution >= 0.6 is 0 Å². The van der Waals surface area contributed by atoms with Crippen molar-refractivity contribution >= 4 is 17.4 Å². The number of nitrogens with zero attached hydrogens (tertiary/aromatic N) is 1. The zero-order chi connectivity index (χ0) is 15.4. The Labute approximate surface area is 131 Å². The number of carbonyl (C=O) groups is 1. The number of amides is 2. The molecule has 0 saturated carbocycles. The molecule has 1 atom stereocenters. The first-order chi connectivity index (χ1) is 10.7. The molecule has 1 aliphatic heterocycles. The van der Waals surface area contributed by atoms with Gasteiger partial charge in [0.05, 0.1) is 0 Å². The van der Waals surface area contributed by atoms with Crippen molar-refractivity contribution in [1.82, 2.24) is 5.32 Å². The minimum atomic E-state index is -0.161. The lowest BCUT2D eigenvalue weighted by Gasteiger charge is -2.25. The fraction of sp³-hybridized carbons (Fsp3) is 0.278. The molecule has 0 spiro atoms. The van der Waals surface area contributed by atoms with Crippen molar-refractivity contribution in [3.05, 3.63) is 60.2 Å². The number of carbonyl (C=O) groups excluding carboxylic acids is 1. The summed E-state index contributed by atoms with van der Waals surface area (Å²) in [6.45, 7) is 3.67. The second kappa shape index (κ2) is 6.52. The lowest BCUT2D eigenvalue weighted by atomic mass is 10.1. The highest BCUT2D eigenvalue weighted by atomic mass is 16.2. The Morgan fingerprint density at radius 2 is 1.86 bits per heavy atom. The van der Waals surface area contributed by atoms with Crippen molar-refractivity contribution < 1.29 is 4.79 Å². The minimum absolute atomic E-state index is 0.161. The van der Waals surface area contributed by atoms with E-state index in [1.54, 1.807) is 0 Å². The number of nitrogens with one attached hydrogen (secondary N) is 2. The molecular formula is C18H21N3O. The van der Waals surface area contributed by atoms with Crippen LogP contribution in [0.15, 0.2) is 54.6 Å². The van der Waals surface area contributed by atoms with Crippen LogP contribution in [0.4, 0.5) is 16.2 Å². The fourth-order valence-electron chi connectivity index (χ4n) is 2.96. The largest absolute Gasteiger partial charge is 0.367 e. The van der Waals surface area contributed by atoms with Crippen molar-refractivity contribution in [1.29, 1.82) is 0 Å². The number of fused-ring (bicyclic) bond motifs is 1. The molecule has 114 valence electrons. The SMILES string of the molecule is CC1Cc2ccccc2N1CCNC(=O)Nc1ccccc1. The normalized spacial score (nSPS) is 16.2. The van der Waals surface area contributed by atoms with Crippen LogP contribution in [0.3, 0.4) is 0 Å². The standard InChI is InChI=1S/C18H21N3O/c1-14-13-15-7-5-6-10-17(15)21(14)12-11-19-18(22)20-16-8-3-2-4-9-16/h2-10,14H,11-13H2,1H3,(H2,19,20,22). The molecular weight excluding hydrogens is 274 g/mol. The molecule has 0 fully saturated rings. The highest BCUT2D eigenvalue weighted by molar-refractivity contribution is 5.89. The molecule has 2 N–H and O–H groups in total. The number of hydrogen-bond donors (Lipinski definition) is 2. The molecule has 22 heavy (non-hydrogen) atoms. The van der Waals surface area contributed by atoms with Gasteiger partial charge in [-0.3, -0.25) is 0 Å². The number of urea groups is 1. The molecule has 0 bridgehead atoms. The number of anilines is 2. The van der Waals surface area contributed by atoms with Gasteiger partial charge in [-0.2, -0.15) is 0 Å². The Kier molecular flexibility index (Phi) is 4.28. The number of rotatable bonds is 4. The summed E-state index contributed by atoms with van der Waals surface area (Å²) in [6.07, 6.45) is 1.08. The van der Waals surface area contributed by atoms with E-state index in [4.69, 9.17) is 0 Å². The van der Waals surface area contributed by atoms with Crippen LogP contribution in [-0.2, 0) is 6.42 Å². The summed E-state index contributed by atoms with van der Waals surface area (Å²) < 4.78 is 0. The lowest BCUT2D eigenvalue weighted by Crippen LogP contribution is -2.39. The summed E-state index contributed by atoms with van der Waals surface area (Å²) in [6, 6.07) is 18.3. The third-order valence-electron chi connectivity index (χ3n) is 4.02. The summed E-state index contributed by atoms with van der Waals surface area (Å²) in [5.41, 5.74) is 3.49.